The lowest BCUT2D eigenvalue weighted by Gasteiger charge is -2.11. The first kappa shape index (κ1) is 15.5. The molecule has 0 amide bonds. The van der Waals surface area contributed by atoms with Crippen LogP contribution in [0.5, 0.6) is 0 Å². The number of benzene rings is 1. The summed E-state index contributed by atoms with van der Waals surface area (Å²) in [7, 11) is 0. The van der Waals surface area contributed by atoms with Crippen LogP contribution < -0.4 is 0 Å². The average Bonchev–Trinajstić information content (AvgIpc) is 2.50. The van der Waals surface area contributed by atoms with Crippen LogP contribution in [-0.4, -0.2) is 10.2 Å². The molecule has 3 nitrogen and oxygen atoms in total. The second kappa shape index (κ2) is 6.73. The van der Waals surface area contributed by atoms with Crippen molar-refractivity contribution in [2.75, 3.05) is 0 Å². The Morgan fingerprint density at radius 3 is 2.52 bits per heavy atom. The molecule has 0 N–H and O–H groups in total. The molecule has 1 aromatic carbocycles. The quantitative estimate of drug-likeness (QED) is 0.847. The molecule has 0 aliphatic carbocycles. The fraction of sp³-hybridized carbons (Fsp3) is 0.353. The number of hydrogen-bond donors (Lipinski definition) is 0. The molecule has 2 rings (SSSR count). The summed E-state index contributed by atoms with van der Waals surface area (Å²) in [5.74, 6) is 0. The lowest BCUT2D eigenvalue weighted by Crippen LogP contribution is -2.04. The topological polar surface area (TPSA) is 49.6 Å². The van der Waals surface area contributed by atoms with Crippen LogP contribution in [0, 0.1) is 25.2 Å². The van der Waals surface area contributed by atoms with E-state index in [1.54, 1.807) is 0 Å². The van der Waals surface area contributed by atoms with E-state index in [2.05, 4.69) is 55.2 Å². The minimum Gasteiger partial charge on any atom is -0.192 e. The van der Waals surface area contributed by atoms with Crippen molar-refractivity contribution in [2.45, 2.75) is 50.5 Å². The molecule has 108 valence electrons. The van der Waals surface area contributed by atoms with Crippen LogP contribution in [-0.2, 0) is 12.8 Å². The summed E-state index contributed by atoms with van der Waals surface area (Å²) in [5, 5.41) is 18.8. The zero-order chi connectivity index (χ0) is 15.4. The Bertz CT molecular complexity index is 702. The fourth-order valence-electron chi connectivity index (χ4n) is 2.26. The van der Waals surface area contributed by atoms with Crippen molar-refractivity contribution < 1.29 is 0 Å². The predicted molar refractivity (Wildman–Crippen MR) is 85.5 cm³/mol. The Morgan fingerprint density at radius 1 is 1.14 bits per heavy atom. The third-order valence-corrected chi connectivity index (χ3v) is 4.61. The van der Waals surface area contributed by atoms with Crippen molar-refractivity contribution in [1.29, 1.82) is 5.26 Å². The van der Waals surface area contributed by atoms with E-state index < -0.39 is 0 Å². The van der Waals surface area contributed by atoms with Gasteiger partial charge in [0.05, 0.1) is 11.3 Å². The van der Waals surface area contributed by atoms with Crippen LogP contribution in [0.3, 0.4) is 0 Å². The van der Waals surface area contributed by atoms with Gasteiger partial charge in [-0.2, -0.15) is 10.4 Å². The molecule has 2 aromatic rings. The van der Waals surface area contributed by atoms with Gasteiger partial charge in [-0.3, -0.25) is 0 Å². The van der Waals surface area contributed by atoms with Gasteiger partial charge in [-0.1, -0.05) is 37.7 Å². The van der Waals surface area contributed by atoms with Gasteiger partial charge in [0.1, 0.15) is 11.1 Å². The second-order valence-corrected chi connectivity index (χ2v) is 6.03. The largest absolute Gasteiger partial charge is 0.192 e. The zero-order valence-electron chi connectivity index (χ0n) is 12.9. The van der Waals surface area contributed by atoms with Gasteiger partial charge in [0, 0.05) is 4.90 Å². The molecule has 0 spiro atoms. The molecular formula is C17H19N3S. The zero-order valence-corrected chi connectivity index (χ0v) is 13.7. The van der Waals surface area contributed by atoms with Gasteiger partial charge in [0.25, 0.3) is 0 Å². The van der Waals surface area contributed by atoms with Crippen LogP contribution >= 0.6 is 11.8 Å². The van der Waals surface area contributed by atoms with E-state index in [1.807, 2.05) is 6.92 Å². The van der Waals surface area contributed by atoms with E-state index in [0.29, 0.717) is 10.6 Å². The van der Waals surface area contributed by atoms with Gasteiger partial charge in [-0.25, -0.2) is 0 Å². The van der Waals surface area contributed by atoms with E-state index in [4.69, 9.17) is 0 Å². The van der Waals surface area contributed by atoms with Gasteiger partial charge < -0.3 is 0 Å². The highest BCUT2D eigenvalue weighted by atomic mass is 32.2. The van der Waals surface area contributed by atoms with Crippen LogP contribution in [0.15, 0.2) is 28.1 Å². The Kier molecular flexibility index (Phi) is 4.98. The summed E-state index contributed by atoms with van der Waals surface area (Å²) in [4.78, 5) is 1.13. The molecule has 0 atom stereocenters. The maximum absolute atomic E-state index is 9.52. The number of aromatic nitrogens is 2. The predicted octanol–water partition coefficient (Wildman–Crippen LogP) is 4.24. The first-order chi connectivity index (χ1) is 10.1. The van der Waals surface area contributed by atoms with E-state index >= 15 is 0 Å². The molecule has 1 aromatic heterocycles. The lowest BCUT2D eigenvalue weighted by atomic mass is 10.1. The van der Waals surface area contributed by atoms with Crippen molar-refractivity contribution in [3.63, 3.8) is 0 Å². The molecule has 21 heavy (non-hydrogen) atoms. The molecule has 1 heterocycles. The molecule has 0 saturated heterocycles. The van der Waals surface area contributed by atoms with Gasteiger partial charge >= 0.3 is 0 Å². The van der Waals surface area contributed by atoms with Crippen molar-refractivity contribution in [3.8, 4) is 6.07 Å². The highest BCUT2D eigenvalue weighted by molar-refractivity contribution is 7.99. The minimum atomic E-state index is 0.676. The number of nitrogens with zero attached hydrogens (tertiary/aromatic N) is 3. The van der Waals surface area contributed by atoms with E-state index in [-0.39, 0.29) is 0 Å². The van der Waals surface area contributed by atoms with Crippen LogP contribution in [0.25, 0.3) is 0 Å². The van der Waals surface area contributed by atoms with Gasteiger partial charge in [0.2, 0.25) is 0 Å². The maximum atomic E-state index is 9.52. The van der Waals surface area contributed by atoms with Gasteiger partial charge in [0.15, 0.2) is 0 Å². The summed E-state index contributed by atoms with van der Waals surface area (Å²) < 4.78 is 0. The number of hydrogen-bond acceptors (Lipinski definition) is 4. The lowest BCUT2D eigenvalue weighted by molar-refractivity contribution is 0.817. The second-order valence-electron chi connectivity index (χ2n) is 5.00. The molecule has 0 unspecified atom stereocenters. The molecule has 4 heteroatoms. The molecule has 0 saturated carbocycles. The van der Waals surface area contributed by atoms with Gasteiger partial charge in [-0.05, 0) is 49.4 Å². The molecule has 0 aliphatic rings. The van der Waals surface area contributed by atoms with Crippen molar-refractivity contribution in [1.82, 2.24) is 10.2 Å². The normalized spacial score (nSPS) is 10.4. The highest BCUT2D eigenvalue weighted by Gasteiger charge is 2.16. The van der Waals surface area contributed by atoms with Crippen molar-refractivity contribution >= 4 is 11.8 Å². The van der Waals surface area contributed by atoms with Crippen molar-refractivity contribution in [2.24, 2.45) is 0 Å². The van der Waals surface area contributed by atoms with E-state index in [0.717, 1.165) is 29.0 Å². The molecule has 0 fully saturated rings. The smallest absolute Gasteiger partial charge is 0.142 e. The Morgan fingerprint density at radius 2 is 1.90 bits per heavy atom. The summed E-state index contributed by atoms with van der Waals surface area (Å²) in [6, 6.07) is 8.63. The van der Waals surface area contributed by atoms with Crippen LogP contribution in [0.1, 0.15) is 41.8 Å². The van der Waals surface area contributed by atoms with Crippen LogP contribution in [0.2, 0.25) is 0 Å². The first-order valence-corrected chi connectivity index (χ1v) is 7.95. The number of rotatable bonds is 4. The monoisotopic (exact) mass is 297 g/mol. The Balaban J connectivity index is 2.50. The Labute approximate surface area is 130 Å². The fourth-order valence-corrected chi connectivity index (χ4v) is 3.30. The SMILES string of the molecule is CCc1nnc(Sc2cc(C)ccc2C)c(C#N)c1CC. The average molecular weight is 297 g/mol. The number of nitriles is 1. The molecule has 0 bridgehead atoms. The molecule has 0 aliphatic heterocycles. The third-order valence-electron chi connectivity index (χ3n) is 3.48. The van der Waals surface area contributed by atoms with Crippen molar-refractivity contribution in [3.05, 3.63) is 46.1 Å². The van der Waals surface area contributed by atoms with Crippen LogP contribution in [0.4, 0.5) is 0 Å². The van der Waals surface area contributed by atoms with Gasteiger partial charge in [-0.15, -0.1) is 5.10 Å². The third kappa shape index (κ3) is 3.25. The standard InChI is InChI=1S/C17H19N3S/c1-5-13-14(10-18)17(20-19-15(13)6-2)21-16-9-11(3)7-8-12(16)4/h7-9H,5-6H2,1-4H3. The summed E-state index contributed by atoms with van der Waals surface area (Å²) in [6.45, 7) is 8.24. The first-order valence-electron chi connectivity index (χ1n) is 7.14. The van der Waals surface area contributed by atoms with E-state index in [1.165, 1.54) is 22.9 Å². The molecular weight excluding hydrogens is 278 g/mol. The highest BCUT2D eigenvalue weighted by Crippen LogP contribution is 2.33. The Hall–Kier alpha value is -1.86. The van der Waals surface area contributed by atoms with E-state index in [9.17, 15) is 5.26 Å². The summed E-state index contributed by atoms with van der Waals surface area (Å²) >= 11 is 1.53. The molecule has 0 radical (unpaired) electrons. The maximum Gasteiger partial charge on any atom is 0.142 e. The number of aryl methyl sites for hydroxylation is 3. The summed E-state index contributed by atoms with van der Waals surface area (Å²) in [6.07, 6.45) is 1.61. The minimum absolute atomic E-state index is 0.676. The summed E-state index contributed by atoms with van der Waals surface area (Å²) in [5.41, 5.74) is 5.03.